The summed E-state index contributed by atoms with van der Waals surface area (Å²) in [6.45, 7) is -0.0770. The third kappa shape index (κ3) is 5.36. The zero-order valence-electron chi connectivity index (χ0n) is 18.5. The number of furan rings is 1. The molecule has 0 spiro atoms. The van der Waals surface area contributed by atoms with Crippen LogP contribution in [0.15, 0.2) is 76.4 Å². The first-order chi connectivity index (χ1) is 17.0. The van der Waals surface area contributed by atoms with Crippen molar-refractivity contribution < 1.29 is 28.4 Å². The smallest absolute Gasteiger partial charge is 0.373 e. The van der Waals surface area contributed by atoms with Gasteiger partial charge in [-0.2, -0.15) is 5.10 Å². The molecule has 0 aliphatic carbocycles. The molecule has 11 nitrogen and oxygen atoms in total. The molecule has 2 aromatic carbocycles. The van der Waals surface area contributed by atoms with E-state index >= 15 is 0 Å². The molecule has 0 unspecified atom stereocenters. The zero-order valence-corrected chi connectivity index (χ0v) is 18.5. The van der Waals surface area contributed by atoms with Gasteiger partial charge >= 0.3 is 11.7 Å². The van der Waals surface area contributed by atoms with Gasteiger partial charge in [0.05, 0.1) is 24.8 Å². The van der Waals surface area contributed by atoms with Crippen molar-refractivity contribution in [2.75, 3.05) is 13.7 Å². The Bertz CT molecular complexity index is 1420. The second kappa shape index (κ2) is 10.3. The van der Waals surface area contributed by atoms with E-state index in [-0.39, 0.29) is 17.2 Å². The topological polar surface area (TPSA) is 138 Å². The van der Waals surface area contributed by atoms with Crippen LogP contribution in [0.2, 0.25) is 0 Å². The second-order valence-corrected chi connectivity index (χ2v) is 7.29. The Kier molecular flexibility index (Phi) is 6.86. The Morgan fingerprint density at radius 3 is 2.71 bits per heavy atom. The van der Waals surface area contributed by atoms with Gasteiger partial charge < -0.3 is 18.5 Å². The molecule has 0 aliphatic heterocycles. The number of fused-ring (bicyclic) bond motifs is 1. The lowest BCUT2D eigenvalue weighted by molar-refractivity contribution is -0.385. The molecule has 35 heavy (non-hydrogen) atoms. The molecular weight excluding hydrogens is 456 g/mol. The minimum atomic E-state index is -0.583. The number of amides is 1. The highest BCUT2D eigenvalue weighted by molar-refractivity contribution is 5.99. The maximum atomic E-state index is 12.1. The van der Waals surface area contributed by atoms with Crippen LogP contribution >= 0.6 is 0 Å². The van der Waals surface area contributed by atoms with Crippen LogP contribution in [0.1, 0.15) is 21.9 Å². The first-order valence-corrected chi connectivity index (χ1v) is 10.4. The SMILES string of the molecule is COC(=O)c1ccc(Cn2cc(/C=N/NC(=O)COc3ccccc3[N+](=O)[O-])c3ccccc32)o1. The second-order valence-electron chi connectivity index (χ2n) is 7.29. The van der Waals surface area contributed by atoms with Gasteiger partial charge in [-0.15, -0.1) is 0 Å². The first kappa shape index (κ1) is 23.2. The van der Waals surface area contributed by atoms with Crippen LogP contribution in [0.25, 0.3) is 10.9 Å². The number of hydrogen-bond acceptors (Lipinski definition) is 8. The van der Waals surface area contributed by atoms with E-state index in [0.717, 1.165) is 16.5 Å². The number of hydrazone groups is 1. The maximum absolute atomic E-state index is 12.1. The molecule has 0 saturated heterocycles. The molecule has 2 aromatic heterocycles. The Morgan fingerprint density at radius 2 is 1.91 bits per heavy atom. The van der Waals surface area contributed by atoms with Crippen LogP contribution in [-0.4, -0.2) is 41.3 Å². The van der Waals surface area contributed by atoms with Gasteiger partial charge in [0.15, 0.2) is 12.4 Å². The highest BCUT2D eigenvalue weighted by Gasteiger charge is 2.15. The molecule has 0 bridgehead atoms. The number of nitro benzene ring substituents is 1. The summed E-state index contributed by atoms with van der Waals surface area (Å²) in [5.74, 6) is -0.452. The summed E-state index contributed by atoms with van der Waals surface area (Å²) in [4.78, 5) is 34.2. The lowest BCUT2D eigenvalue weighted by Crippen LogP contribution is -2.24. The molecule has 1 N–H and O–H groups in total. The van der Waals surface area contributed by atoms with E-state index in [1.54, 1.807) is 18.2 Å². The van der Waals surface area contributed by atoms with Gasteiger partial charge in [0, 0.05) is 28.7 Å². The van der Waals surface area contributed by atoms with Crippen LogP contribution in [0.5, 0.6) is 5.75 Å². The Labute approximate surface area is 198 Å². The lowest BCUT2D eigenvalue weighted by atomic mass is 10.2. The summed E-state index contributed by atoms with van der Waals surface area (Å²) in [7, 11) is 1.28. The third-order valence-electron chi connectivity index (χ3n) is 5.01. The standard InChI is InChI=1S/C24H20N4O7/c1-33-24(30)22-11-10-17(35-22)14-27-13-16(18-6-2-3-7-19(18)27)12-25-26-23(29)15-34-21-9-5-4-8-20(21)28(31)32/h2-13H,14-15H2,1H3,(H,26,29)/b25-12+. The van der Waals surface area contributed by atoms with Crippen molar-refractivity contribution in [3.8, 4) is 5.75 Å². The number of nitrogens with zero attached hydrogens (tertiary/aromatic N) is 3. The van der Waals surface area contributed by atoms with E-state index in [1.807, 2.05) is 35.0 Å². The molecule has 2 heterocycles. The molecule has 4 rings (SSSR count). The van der Waals surface area contributed by atoms with Crippen LogP contribution < -0.4 is 10.2 Å². The number of hydrogen-bond donors (Lipinski definition) is 1. The average Bonchev–Trinajstić information content (AvgIpc) is 3.48. The summed E-state index contributed by atoms with van der Waals surface area (Å²) >= 11 is 0. The number of ether oxygens (including phenoxy) is 2. The normalized spacial score (nSPS) is 11.0. The summed E-state index contributed by atoms with van der Waals surface area (Å²) in [5.41, 5.74) is 3.76. The molecular formula is C24H20N4O7. The van der Waals surface area contributed by atoms with Crippen LogP contribution in [-0.2, 0) is 16.1 Å². The number of esters is 1. The van der Waals surface area contributed by atoms with Gasteiger partial charge in [-0.3, -0.25) is 14.9 Å². The molecule has 11 heteroatoms. The number of nitrogens with one attached hydrogen (secondary N) is 1. The van der Waals surface area contributed by atoms with Crippen molar-refractivity contribution in [1.29, 1.82) is 0 Å². The molecule has 0 saturated carbocycles. The number of rotatable bonds is 9. The van der Waals surface area contributed by atoms with Crippen molar-refractivity contribution >= 4 is 34.7 Å². The van der Waals surface area contributed by atoms with Crippen LogP contribution in [0.3, 0.4) is 0 Å². The Balaban J connectivity index is 1.43. The molecule has 0 aliphatic rings. The fourth-order valence-corrected chi connectivity index (χ4v) is 3.43. The molecule has 0 fully saturated rings. The van der Waals surface area contributed by atoms with Crippen molar-refractivity contribution in [2.45, 2.75) is 6.54 Å². The van der Waals surface area contributed by atoms with Crippen LogP contribution in [0, 0.1) is 10.1 Å². The van der Waals surface area contributed by atoms with Crippen molar-refractivity contribution in [2.24, 2.45) is 5.10 Å². The van der Waals surface area contributed by atoms with E-state index in [2.05, 4.69) is 15.3 Å². The van der Waals surface area contributed by atoms with E-state index in [1.165, 1.54) is 31.5 Å². The summed E-state index contributed by atoms with van der Waals surface area (Å²) in [6, 6.07) is 16.7. The van der Waals surface area contributed by atoms with Gasteiger partial charge in [-0.1, -0.05) is 30.3 Å². The van der Waals surface area contributed by atoms with Gasteiger partial charge in [0.2, 0.25) is 5.76 Å². The zero-order chi connectivity index (χ0) is 24.8. The third-order valence-corrected chi connectivity index (χ3v) is 5.01. The van der Waals surface area contributed by atoms with Gasteiger partial charge in [-0.25, -0.2) is 10.2 Å². The molecule has 4 aromatic rings. The van der Waals surface area contributed by atoms with Gasteiger partial charge in [0.25, 0.3) is 5.91 Å². The summed E-state index contributed by atoms with van der Waals surface area (Å²) < 4.78 is 17.4. The minimum Gasteiger partial charge on any atom is -0.477 e. The number of aromatic nitrogens is 1. The van der Waals surface area contributed by atoms with E-state index in [0.29, 0.717) is 12.3 Å². The number of carbonyl (C=O) groups is 2. The highest BCUT2D eigenvalue weighted by Crippen LogP contribution is 2.25. The number of methoxy groups -OCH3 is 1. The van der Waals surface area contributed by atoms with Crippen molar-refractivity contribution in [1.82, 2.24) is 9.99 Å². The Morgan fingerprint density at radius 1 is 1.14 bits per heavy atom. The summed E-state index contributed by atoms with van der Waals surface area (Å²) in [5, 5.41) is 15.9. The quantitative estimate of drug-likeness (QED) is 0.169. The number of benzene rings is 2. The highest BCUT2D eigenvalue weighted by atomic mass is 16.6. The lowest BCUT2D eigenvalue weighted by Gasteiger charge is -2.05. The molecule has 1 amide bonds. The molecule has 178 valence electrons. The van der Waals surface area contributed by atoms with Crippen molar-refractivity contribution in [3.05, 3.63) is 94.1 Å². The predicted octanol–water partition coefficient (Wildman–Crippen LogP) is 3.51. The van der Waals surface area contributed by atoms with Gasteiger partial charge in [0.1, 0.15) is 5.76 Å². The minimum absolute atomic E-state index is 0.00650. The van der Waals surface area contributed by atoms with E-state index in [4.69, 9.17) is 9.15 Å². The van der Waals surface area contributed by atoms with E-state index < -0.39 is 23.4 Å². The average molecular weight is 476 g/mol. The molecule has 0 atom stereocenters. The number of para-hydroxylation sites is 3. The maximum Gasteiger partial charge on any atom is 0.373 e. The monoisotopic (exact) mass is 476 g/mol. The Hall–Kier alpha value is -4.93. The van der Waals surface area contributed by atoms with E-state index in [9.17, 15) is 19.7 Å². The van der Waals surface area contributed by atoms with Gasteiger partial charge in [-0.05, 0) is 24.3 Å². The predicted molar refractivity (Wildman–Crippen MR) is 125 cm³/mol. The van der Waals surface area contributed by atoms with Crippen molar-refractivity contribution in [3.63, 3.8) is 0 Å². The summed E-state index contributed by atoms with van der Waals surface area (Å²) in [6.07, 6.45) is 3.33. The number of carbonyl (C=O) groups excluding carboxylic acids is 2. The first-order valence-electron chi connectivity index (χ1n) is 10.4. The molecule has 0 radical (unpaired) electrons. The fraction of sp³-hybridized carbons (Fsp3) is 0.125. The fourth-order valence-electron chi connectivity index (χ4n) is 3.43. The largest absolute Gasteiger partial charge is 0.477 e. The van der Waals surface area contributed by atoms with Crippen LogP contribution in [0.4, 0.5) is 5.69 Å². The number of nitro groups is 1.